The molecule has 0 aliphatic carbocycles. The van der Waals surface area contributed by atoms with E-state index in [1.807, 2.05) is 47.4 Å². The third-order valence-corrected chi connectivity index (χ3v) is 5.40. The number of nitrogens with zero attached hydrogens (tertiary/aromatic N) is 4. The van der Waals surface area contributed by atoms with E-state index in [1.165, 1.54) is 0 Å². The Bertz CT molecular complexity index is 896. The maximum Gasteiger partial charge on any atom is 0.322 e. The van der Waals surface area contributed by atoms with E-state index in [-0.39, 0.29) is 6.03 Å². The lowest BCUT2D eigenvalue weighted by atomic mass is 10.2. The van der Waals surface area contributed by atoms with Crippen LogP contribution in [0.25, 0.3) is 0 Å². The van der Waals surface area contributed by atoms with Crippen LogP contribution in [-0.2, 0) is 4.74 Å². The molecular formula is C22H25N5O2. The highest BCUT2D eigenvalue weighted by atomic mass is 16.5. The number of piperazine rings is 1. The van der Waals surface area contributed by atoms with E-state index in [1.54, 1.807) is 6.07 Å². The van der Waals surface area contributed by atoms with Crippen molar-refractivity contribution in [1.29, 1.82) is 5.26 Å². The summed E-state index contributed by atoms with van der Waals surface area (Å²) in [6.45, 7) is 5.83. The Hall–Kier alpha value is -3.24. The molecule has 1 N–H and O–H groups in total. The number of carbonyl (C=O) groups is 1. The van der Waals surface area contributed by atoms with E-state index in [0.29, 0.717) is 31.9 Å². The van der Waals surface area contributed by atoms with Gasteiger partial charge in [0.2, 0.25) is 0 Å². The number of carbonyl (C=O) groups excluding carboxylic acids is 1. The normalized spacial score (nSPS) is 17.0. The molecule has 0 bridgehead atoms. The first-order valence-electron chi connectivity index (χ1n) is 9.97. The van der Waals surface area contributed by atoms with Crippen molar-refractivity contribution >= 4 is 23.1 Å². The first kappa shape index (κ1) is 19.1. The maximum atomic E-state index is 12.9. The molecule has 2 aromatic carbocycles. The highest BCUT2D eigenvalue weighted by molar-refractivity contribution is 5.93. The second-order valence-corrected chi connectivity index (χ2v) is 7.18. The maximum absolute atomic E-state index is 12.9. The summed E-state index contributed by atoms with van der Waals surface area (Å²) in [6, 6.07) is 17.6. The van der Waals surface area contributed by atoms with Gasteiger partial charge in [-0.15, -0.1) is 0 Å². The highest BCUT2D eigenvalue weighted by Gasteiger charge is 2.23. The Labute approximate surface area is 171 Å². The van der Waals surface area contributed by atoms with Gasteiger partial charge >= 0.3 is 6.03 Å². The zero-order chi connectivity index (χ0) is 20.1. The van der Waals surface area contributed by atoms with Crippen LogP contribution in [0.1, 0.15) is 5.56 Å². The van der Waals surface area contributed by atoms with Crippen molar-refractivity contribution in [2.24, 2.45) is 0 Å². The second-order valence-electron chi connectivity index (χ2n) is 7.18. The van der Waals surface area contributed by atoms with Crippen molar-refractivity contribution in [3.8, 4) is 6.07 Å². The number of anilines is 3. The number of morpholine rings is 1. The first-order chi connectivity index (χ1) is 14.2. The molecule has 0 unspecified atom stereocenters. The SMILES string of the molecule is N#Cc1cccc(N2CCN(C(=O)Nc3ccccc3N3CCOCC3)CC2)c1. The molecule has 7 nitrogen and oxygen atoms in total. The number of hydrogen-bond donors (Lipinski definition) is 1. The Morgan fingerprint density at radius 2 is 1.69 bits per heavy atom. The Balaban J connectivity index is 1.38. The van der Waals surface area contributed by atoms with E-state index >= 15 is 0 Å². The number of rotatable bonds is 3. The number of amides is 2. The van der Waals surface area contributed by atoms with E-state index in [2.05, 4.69) is 21.2 Å². The molecule has 2 amide bonds. The van der Waals surface area contributed by atoms with Crippen LogP contribution in [0.15, 0.2) is 48.5 Å². The summed E-state index contributed by atoms with van der Waals surface area (Å²) in [7, 11) is 0. The van der Waals surface area contributed by atoms with E-state index in [0.717, 1.165) is 43.2 Å². The molecule has 2 aromatic rings. The summed E-state index contributed by atoms with van der Waals surface area (Å²) in [5.74, 6) is 0. The molecule has 7 heteroatoms. The number of para-hydroxylation sites is 2. The van der Waals surface area contributed by atoms with Gasteiger partial charge in [0, 0.05) is 45.0 Å². The monoisotopic (exact) mass is 391 g/mol. The molecular weight excluding hydrogens is 366 g/mol. The molecule has 2 heterocycles. The van der Waals surface area contributed by atoms with Crippen LogP contribution in [-0.4, -0.2) is 63.4 Å². The van der Waals surface area contributed by atoms with Gasteiger partial charge in [0.25, 0.3) is 0 Å². The van der Waals surface area contributed by atoms with Crippen LogP contribution >= 0.6 is 0 Å². The summed E-state index contributed by atoms with van der Waals surface area (Å²) in [6.07, 6.45) is 0. The molecule has 2 saturated heterocycles. The van der Waals surface area contributed by atoms with Gasteiger partial charge in [0.1, 0.15) is 0 Å². The number of benzene rings is 2. The molecule has 0 spiro atoms. The lowest BCUT2D eigenvalue weighted by Crippen LogP contribution is -2.50. The zero-order valence-electron chi connectivity index (χ0n) is 16.4. The minimum Gasteiger partial charge on any atom is -0.378 e. The Morgan fingerprint density at radius 3 is 2.45 bits per heavy atom. The van der Waals surface area contributed by atoms with Gasteiger partial charge in [0.05, 0.1) is 36.2 Å². The minimum atomic E-state index is -0.0730. The number of hydrogen-bond acceptors (Lipinski definition) is 5. The number of urea groups is 1. The smallest absolute Gasteiger partial charge is 0.322 e. The molecule has 0 atom stereocenters. The molecule has 0 saturated carbocycles. The van der Waals surface area contributed by atoms with Crippen molar-refractivity contribution < 1.29 is 9.53 Å². The van der Waals surface area contributed by atoms with Gasteiger partial charge in [-0.05, 0) is 30.3 Å². The minimum absolute atomic E-state index is 0.0730. The van der Waals surface area contributed by atoms with Crippen molar-refractivity contribution in [1.82, 2.24) is 4.90 Å². The van der Waals surface area contributed by atoms with Crippen molar-refractivity contribution in [2.75, 3.05) is 67.6 Å². The summed E-state index contributed by atoms with van der Waals surface area (Å²) in [4.78, 5) is 19.2. The molecule has 2 aliphatic rings. The third kappa shape index (κ3) is 4.44. The highest BCUT2D eigenvalue weighted by Crippen LogP contribution is 2.27. The van der Waals surface area contributed by atoms with Crippen LogP contribution < -0.4 is 15.1 Å². The van der Waals surface area contributed by atoms with Gasteiger partial charge in [-0.25, -0.2) is 4.79 Å². The summed E-state index contributed by atoms with van der Waals surface area (Å²) >= 11 is 0. The van der Waals surface area contributed by atoms with Crippen LogP contribution in [0.2, 0.25) is 0 Å². The van der Waals surface area contributed by atoms with Crippen molar-refractivity contribution in [3.05, 3.63) is 54.1 Å². The summed E-state index contributed by atoms with van der Waals surface area (Å²) < 4.78 is 5.44. The molecule has 2 aliphatic heterocycles. The second kappa shape index (κ2) is 8.84. The molecule has 29 heavy (non-hydrogen) atoms. The predicted molar refractivity (Wildman–Crippen MR) is 113 cm³/mol. The Morgan fingerprint density at radius 1 is 0.931 bits per heavy atom. The standard InChI is InChI=1S/C22H25N5O2/c23-17-18-4-3-5-19(16-18)25-8-10-27(11-9-25)22(28)24-20-6-1-2-7-21(20)26-12-14-29-15-13-26/h1-7,16H,8-15H2,(H,24,28). The fourth-order valence-electron chi connectivity index (χ4n) is 3.79. The fourth-order valence-corrected chi connectivity index (χ4v) is 3.79. The van der Waals surface area contributed by atoms with E-state index in [4.69, 9.17) is 10.00 Å². The molecule has 2 fully saturated rings. The fraction of sp³-hybridized carbons (Fsp3) is 0.364. The topological polar surface area (TPSA) is 71.8 Å². The molecule has 0 radical (unpaired) electrons. The number of nitriles is 1. The largest absolute Gasteiger partial charge is 0.378 e. The lowest BCUT2D eigenvalue weighted by molar-refractivity contribution is 0.123. The van der Waals surface area contributed by atoms with Crippen LogP contribution in [0, 0.1) is 11.3 Å². The van der Waals surface area contributed by atoms with E-state index in [9.17, 15) is 4.79 Å². The third-order valence-electron chi connectivity index (χ3n) is 5.40. The van der Waals surface area contributed by atoms with Crippen LogP contribution in [0.3, 0.4) is 0 Å². The van der Waals surface area contributed by atoms with Crippen molar-refractivity contribution in [3.63, 3.8) is 0 Å². The zero-order valence-corrected chi connectivity index (χ0v) is 16.4. The van der Waals surface area contributed by atoms with Crippen molar-refractivity contribution in [2.45, 2.75) is 0 Å². The van der Waals surface area contributed by atoms with Gasteiger partial charge in [-0.2, -0.15) is 5.26 Å². The van der Waals surface area contributed by atoms with Gasteiger partial charge < -0.3 is 24.8 Å². The average Bonchev–Trinajstić information content (AvgIpc) is 2.80. The predicted octanol–water partition coefficient (Wildman–Crippen LogP) is 2.75. The molecule has 4 rings (SSSR count). The van der Waals surface area contributed by atoms with E-state index < -0.39 is 0 Å². The van der Waals surface area contributed by atoms with Gasteiger partial charge in [-0.1, -0.05) is 18.2 Å². The van der Waals surface area contributed by atoms with Gasteiger partial charge in [0.15, 0.2) is 0 Å². The molecule has 150 valence electrons. The summed E-state index contributed by atoms with van der Waals surface area (Å²) in [5.41, 5.74) is 3.56. The molecule has 0 aromatic heterocycles. The Kier molecular flexibility index (Phi) is 5.82. The summed E-state index contributed by atoms with van der Waals surface area (Å²) in [5, 5.41) is 12.2. The number of nitrogens with one attached hydrogen (secondary N) is 1. The average molecular weight is 391 g/mol. The van der Waals surface area contributed by atoms with Crippen LogP contribution in [0.5, 0.6) is 0 Å². The van der Waals surface area contributed by atoms with Crippen LogP contribution in [0.4, 0.5) is 21.9 Å². The quantitative estimate of drug-likeness (QED) is 0.871. The van der Waals surface area contributed by atoms with Gasteiger partial charge in [-0.3, -0.25) is 0 Å². The first-order valence-corrected chi connectivity index (χ1v) is 9.97. The number of ether oxygens (including phenoxy) is 1. The lowest BCUT2D eigenvalue weighted by Gasteiger charge is -2.36.